The van der Waals surface area contributed by atoms with Gasteiger partial charge in [-0.25, -0.2) is 0 Å². The smallest absolute Gasteiger partial charge is 0.238 e. The van der Waals surface area contributed by atoms with Crippen LogP contribution in [0.15, 0.2) is 48.5 Å². The Bertz CT molecular complexity index is 809. The lowest BCUT2D eigenvalue weighted by Gasteiger charge is -2.35. The van der Waals surface area contributed by atoms with Crippen molar-refractivity contribution in [2.45, 2.75) is 25.9 Å². The molecule has 2 aromatic carbocycles. The summed E-state index contributed by atoms with van der Waals surface area (Å²) in [7, 11) is 0. The highest BCUT2D eigenvalue weighted by Crippen LogP contribution is 2.23. The van der Waals surface area contributed by atoms with Crippen molar-refractivity contribution in [1.29, 1.82) is 0 Å². The third-order valence-corrected chi connectivity index (χ3v) is 5.71. The number of hydrogen-bond acceptors (Lipinski definition) is 5. The summed E-state index contributed by atoms with van der Waals surface area (Å²) in [4.78, 5) is 17.1. The van der Waals surface area contributed by atoms with Crippen molar-refractivity contribution in [1.82, 2.24) is 9.80 Å². The van der Waals surface area contributed by atoms with E-state index in [4.69, 9.17) is 9.47 Å². The molecule has 0 aromatic heterocycles. The van der Waals surface area contributed by atoms with Crippen molar-refractivity contribution in [3.63, 3.8) is 0 Å². The number of anilines is 1. The molecule has 0 unspecified atom stereocenters. The summed E-state index contributed by atoms with van der Waals surface area (Å²) in [6.07, 6.45) is 2.76. The van der Waals surface area contributed by atoms with Crippen LogP contribution < -0.4 is 10.1 Å². The Hall–Kier alpha value is -2.41. The topological polar surface area (TPSA) is 54.0 Å². The molecule has 0 aliphatic carbocycles. The number of hydrogen-bond donors (Lipinski definition) is 1. The molecule has 6 nitrogen and oxygen atoms in total. The molecule has 4 rings (SSSR count). The van der Waals surface area contributed by atoms with E-state index in [2.05, 4.69) is 15.1 Å². The van der Waals surface area contributed by atoms with Gasteiger partial charge < -0.3 is 14.8 Å². The minimum atomic E-state index is 0.0229. The lowest BCUT2D eigenvalue weighted by molar-refractivity contribution is -0.117. The van der Waals surface area contributed by atoms with Gasteiger partial charge in [-0.2, -0.15) is 0 Å². The van der Waals surface area contributed by atoms with Crippen LogP contribution in [0.4, 0.5) is 5.69 Å². The minimum Gasteiger partial charge on any atom is -0.457 e. The molecule has 30 heavy (non-hydrogen) atoms. The summed E-state index contributed by atoms with van der Waals surface area (Å²) in [6.45, 7) is 8.24. The number of carbonyl (C=O) groups is 1. The summed E-state index contributed by atoms with van der Waals surface area (Å²) < 4.78 is 11.6. The van der Waals surface area contributed by atoms with Crippen molar-refractivity contribution in [3.05, 3.63) is 54.1 Å². The zero-order chi connectivity index (χ0) is 20.8. The van der Waals surface area contributed by atoms with E-state index >= 15 is 0 Å². The Morgan fingerprint density at radius 3 is 2.27 bits per heavy atom. The molecule has 1 N–H and O–H groups in total. The van der Waals surface area contributed by atoms with E-state index in [1.165, 1.54) is 18.4 Å². The summed E-state index contributed by atoms with van der Waals surface area (Å²) in [5, 5.41) is 2.99. The first-order valence-electron chi connectivity index (χ1n) is 10.8. The monoisotopic (exact) mass is 409 g/mol. The van der Waals surface area contributed by atoms with Crippen molar-refractivity contribution in [3.8, 4) is 11.5 Å². The Morgan fingerprint density at radius 2 is 1.63 bits per heavy atom. The molecular formula is C24H31N3O3. The molecule has 2 aliphatic heterocycles. The molecule has 2 heterocycles. The second-order valence-electron chi connectivity index (χ2n) is 8.20. The molecule has 160 valence electrons. The van der Waals surface area contributed by atoms with Crippen LogP contribution in [0.3, 0.4) is 0 Å². The second kappa shape index (κ2) is 10.1. The van der Waals surface area contributed by atoms with Gasteiger partial charge >= 0.3 is 0 Å². The van der Waals surface area contributed by atoms with Crippen molar-refractivity contribution in [2.24, 2.45) is 0 Å². The number of ether oxygens (including phenoxy) is 2. The van der Waals surface area contributed by atoms with Gasteiger partial charge in [-0.3, -0.25) is 14.6 Å². The fourth-order valence-corrected chi connectivity index (χ4v) is 3.96. The first-order chi connectivity index (χ1) is 14.6. The summed E-state index contributed by atoms with van der Waals surface area (Å²) in [6, 6.07) is 15.4. The van der Waals surface area contributed by atoms with Gasteiger partial charge in [-0.1, -0.05) is 17.7 Å². The second-order valence-corrected chi connectivity index (χ2v) is 8.20. The molecule has 2 fully saturated rings. The maximum absolute atomic E-state index is 12.4. The Balaban J connectivity index is 1.19. The third-order valence-electron chi connectivity index (χ3n) is 5.71. The van der Waals surface area contributed by atoms with Crippen LogP contribution >= 0.6 is 0 Å². The largest absolute Gasteiger partial charge is 0.457 e. The van der Waals surface area contributed by atoms with E-state index in [0.717, 1.165) is 56.5 Å². The molecule has 6 heteroatoms. The molecule has 0 radical (unpaired) electrons. The number of amides is 1. The fourth-order valence-electron chi connectivity index (χ4n) is 3.96. The Labute approximate surface area is 178 Å². The average Bonchev–Trinajstić information content (AvgIpc) is 3.26. The summed E-state index contributed by atoms with van der Waals surface area (Å²) in [5.74, 6) is 1.57. The van der Waals surface area contributed by atoms with Crippen LogP contribution in [0.1, 0.15) is 18.4 Å². The molecular weight excluding hydrogens is 378 g/mol. The van der Waals surface area contributed by atoms with Crippen molar-refractivity contribution < 1.29 is 14.3 Å². The highest BCUT2D eigenvalue weighted by atomic mass is 16.5. The van der Waals surface area contributed by atoms with E-state index in [9.17, 15) is 4.79 Å². The zero-order valence-electron chi connectivity index (χ0n) is 17.7. The fraction of sp³-hybridized carbons (Fsp3) is 0.458. The first-order valence-corrected chi connectivity index (χ1v) is 10.8. The summed E-state index contributed by atoms with van der Waals surface area (Å²) >= 11 is 0. The van der Waals surface area contributed by atoms with Gasteiger partial charge in [0.05, 0.1) is 12.6 Å². The van der Waals surface area contributed by atoms with Crippen molar-refractivity contribution in [2.75, 3.05) is 51.2 Å². The Morgan fingerprint density at radius 1 is 1.00 bits per heavy atom. The number of piperazine rings is 1. The van der Waals surface area contributed by atoms with Gasteiger partial charge in [0, 0.05) is 45.0 Å². The highest BCUT2D eigenvalue weighted by molar-refractivity contribution is 5.92. The molecule has 1 atom stereocenters. The van der Waals surface area contributed by atoms with E-state index in [1.807, 2.05) is 55.5 Å². The maximum atomic E-state index is 12.4. The predicted molar refractivity (Wildman–Crippen MR) is 118 cm³/mol. The van der Waals surface area contributed by atoms with E-state index in [-0.39, 0.29) is 5.91 Å². The van der Waals surface area contributed by atoms with Crippen LogP contribution in [0, 0.1) is 6.92 Å². The SMILES string of the molecule is Cc1ccc(Oc2ccc(NC(=O)CN3CCN(C[C@@H]4CCCO4)CC3)cc2)cc1. The number of nitrogens with one attached hydrogen (secondary N) is 1. The van der Waals surface area contributed by atoms with Gasteiger partial charge in [0.25, 0.3) is 0 Å². The average molecular weight is 410 g/mol. The van der Waals surface area contributed by atoms with E-state index < -0.39 is 0 Å². The standard InChI is InChI=1S/C24H31N3O3/c1-19-4-8-21(9-5-19)30-22-10-6-20(7-11-22)25-24(28)18-27-14-12-26(13-15-27)17-23-3-2-16-29-23/h4-11,23H,2-3,12-18H2,1H3,(H,25,28)/t23-/m0/s1. The van der Waals surface area contributed by atoms with Gasteiger partial charge in [0.1, 0.15) is 11.5 Å². The van der Waals surface area contributed by atoms with Crippen LogP contribution in [0.5, 0.6) is 11.5 Å². The molecule has 2 aliphatic rings. The highest BCUT2D eigenvalue weighted by Gasteiger charge is 2.23. The third kappa shape index (κ3) is 6.05. The van der Waals surface area contributed by atoms with Crippen LogP contribution in [-0.4, -0.2) is 67.7 Å². The molecule has 1 amide bonds. The van der Waals surface area contributed by atoms with Crippen molar-refractivity contribution >= 4 is 11.6 Å². The van der Waals surface area contributed by atoms with Crippen LogP contribution in [-0.2, 0) is 9.53 Å². The van der Waals surface area contributed by atoms with Gasteiger partial charge in [-0.15, -0.1) is 0 Å². The summed E-state index contributed by atoms with van der Waals surface area (Å²) in [5.41, 5.74) is 1.98. The number of aryl methyl sites for hydroxylation is 1. The van der Waals surface area contributed by atoms with Crippen LogP contribution in [0.25, 0.3) is 0 Å². The zero-order valence-corrected chi connectivity index (χ0v) is 17.7. The number of rotatable bonds is 7. The number of benzene rings is 2. The number of carbonyl (C=O) groups excluding carboxylic acids is 1. The van der Waals surface area contributed by atoms with E-state index in [0.29, 0.717) is 12.6 Å². The number of nitrogens with zero attached hydrogens (tertiary/aromatic N) is 2. The van der Waals surface area contributed by atoms with E-state index in [1.54, 1.807) is 0 Å². The van der Waals surface area contributed by atoms with Gasteiger partial charge in [0.15, 0.2) is 0 Å². The predicted octanol–water partition coefficient (Wildman–Crippen LogP) is 3.52. The van der Waals surface area contributed by atoms with Gasteiger partial charge in [-0.05, 0) is 56.2 Å². The van der Waals surface area contributed by atoms with Gasteiger partial charge in [0.2, 0.25) is 5.91 Å². The molecule has 0 saturated carbocycles. The maximum Gasteiger partial charge on any atom is 0.238 e. The normalized spacial score (nSPS) is 20.2. The quantitative estimate of drug-likeness (QED) is 0.758. The molecule has 0 spiro atoms. The molecule has 2 aromatic rings. The Kier molecular flexibility index (Phi) is 7.00. The molecule has 2 saturated heterocycles. The lowest BCUT2D eigenvalue weighted by atomic mass is 10.2. The lowest BCUT2D eigenvalue weighted by Crippen LogP contribution is -2.50. The molecule has 0 bridgehead atoms. The van der Waals surface area contributed by atoms with Crippen LogP contribution in [0.2, 0.25) is 0 Å². The first kappa shape index (κ1) is 20.8. The minimum absolute atomic E-state index is 0.0229.